The Kier molecular flexibility index (Phi) is 5.18. The standard InChI is InChI=1S/C16H15BrO3/c1-19-16(18)10-12-4-2-3-5-13(12)11-20-15-8-6-14(17)7-9-15/h2-9H,10-11H2,1H3. The first-order valence-electron chi connectivity index (χ1n) is 6.21. The van der Waals surface area contributed by atoms with Gasteiger partial charge in [-0.15, -0.1) is 0 Å². The van der Waals surface area contributed by atoms with Gasteiger partial charge in [0.1, 0.15) is 12.4 Å². The van der Waals surface area contributed by atoms with Crippen molar-refractivity contribution in [3.8, 4) is 5.75 Å². The van der Waals surface area contributed by atoms with E-state index in [4.69, 9.17) is 9.47 Å². The number of hydrogen-bond donors (Lipinski definition) is 0. The van der Waals surface area contributed by atoms with Gasteiger partial charge in [-0.1, -0.05) is 40.2 Å². The monoisotopic (exact) mass is 334 g/mol. The second-order valence-electron chi connectivity index (χ2n) is 4.26. The van der Waals surface area contributed by atoms with Gasteiger partial charge in [-0.2, -0.15) is 0 Å². The van der Waals surface area contributed by atoms with Crippen LogP contribution in [0.1, 0.15) is 11.1 Å². The molecule has 0 heterocycles. The van der Waals surface area contributed by atoms with Crippen molar-refractivity contribution < 1.29 is 14.3 Å². The Morgan fingerprint density at radius 3 is 2.35 bits per heavy atom. The number of halogens is 1. The summed E-state index contributed by atoms with van der Waals surface area (Å²) in [5.74, 6) is 0.544. The Labute approximate surface area is 126 Å². The summed E-state index contributed by atoms with van der Waals surface area (Å²) in [6.45, 7) is 0.425. The highest BCUT2D eigenvalue weighted by atomic mass is 79.9. The maximum absolute atomic E-state index is 11.4. The minimum Gasteiger partial charge on any atom is -0.489 e. The van der Waals surface area contributed by atoms with Crippen LogP contribution in [-0.4, -0.2) is 13.1 Å². The third-order valence-electron chi connectivity index (χ3n) is 2.89. The topological polar surface area (TPSA) is 35.5 Å². The summed E-state index contributed by atoms with van der Waals surface area (Å²) in [7, 11) is 1.39. The zero-order valence-electron chi connectivity index (χ0n) is 11.1. The van der Waals surface area contributed by atoms with E-state index in [9.17, 15) is 4.79 Å². The van der Waals surface area contributed by atoms with Gasteiger partial charge in [-0.3, -0.25) is 4.79 Å². The predicted molar refractivity (Wildman–Crippen MR) is 80.6 cm³/mol. The van der Waals surface area contributed by atoms with Crippen molar-refractivity contribution in [2.24, 2.45) is 0 Å². The molecular formula is C16H15BrO3. The lowest BCUT2D eigenvalue weighted by Gasteiger charge is -2.10. The van der Waals surface area contributed by atoms with Crippen LogP contribution in [0.3, 0.4) is 0 Å². The SMILES string of the molecule is COC(=O)Cc1ccccc1COc1ccc(Br)cc1. The van der Waals surface area contributed by atoms with Crippen molar-refractivity contribution >= 4 is 21.9 Å². The lowest BCUT2D eigenvalue weighted by atomic mass is 10.1. The predicted octanol–water partition coefficient (Wildman–Crippen LogP) is 3.74. The van der Waals surface area contributed by atoms with E-state index < -0.39 is 0 Å². The van der Waals surface area contributed by atoms with Crippen molar-refractivity contribution in [2.45, 2.75) is 13.0 Å². The Morgan fingerprint density at radius 1 is 1.05 bits per heavy atom. The zero-order valence-corrected chi connectivity index (χ0v) is 12.7. The molecule has 0 saturated carbocycles. The van der Waals surface area contributed by atoms with E-state index in [1.165, 1.54) is 7.11 Å². The Hall–Kier alpha value is -1.81. The number of benzene rings is 2. The molecule has 0 fully saturated rings. The van der Waals surface area contributed by atoms with Crippen molar-refractivity contribution in [3.63, 3.8) is 0 Å². The van der Waals surface area contributed by atoms with E-state index in [1.54, 1.807) is 0 Å². The highest BCUT2D eigenvalue weighted by Crippen LogP contribution is 2.18. The molecule has 0 spiro atoms. The summed E-state index contributed by atoms with van der Waals surface area (Å²) in [5, 5.41) is 0. The van der Waals surface area contributed by atoms with Gasteiger partial charge in [0.25, 0.3) is 0 Å². The van der Waals surface area contributed by atoms with Crippen molar-refractivity contribution in [1.82, 2.24) is 0 Å². The van der Waals surface area contributed by atoms with Crippen LogP contribution < -0.4 is 4.74 Å². The third kappa shape index (κ3) is 4.10. The highest BCUT2D eigenvalue weighted by molar-refractivity contribution is 9.10. The quantitative estimate of drug-likeness (QED) is 0.781. The van der Waals surface area contributed by atoms with Gasteiger partial charge in [0.2, 0.25) is 0 Å². The number of ether oxygens (including phenoxy) is 2. The summed E-state index contributed by atoms with van der Waals surface area (Å²) in [6.07, 6.45) is 0.260. The van der Waals surface area contributed by atoms with Crippen LogP contribution in [0.5, 0.6) is 5.75 Å². The normalized spacial score (nSPS) is 10.1. The van der Waals surface area contributed by atoms with Gasteiger partial charge in [0.05, 0.1) is 13.5 Å². The van der Waals surface area contributed by atoms with Crippen LogP contribution in [-0.2, 0) is 22.6 Å². The fourth-order valence-corrected chi connectivity index (χ4v) is 2.05. The molecule has 0 aliphatic rings. The van der Waals surface area contributed by atoms with Crippen LogP contribution >= 0.6 is 15.9 Å². The fourth-order valence-electron chi connectivity index (χ4n) is 1.79. The van der Waals surface area contributed by atoms with Crippen LogP contribution in [0.4, 0.5) is 0 Å². The van der Waals surface area contributed by atoms with E-state index in [2.05, 4.69) is 15.9 Å². The van der Waals surface area contributed by atoms with Crippen LogP contribution in [0.25, 0.3) is 0 Å². The smallest absolute Gasteiger partial charge is 0.309 e. The number of rotatable bonds is 5. The average molecular weight is 335 g/mol. The van der Waals surface area contributed by atoms with Gasteiger partial charge >= 0.3 is 5.97 Å². The molecule has 0 amide bonds. The van der Waals surface area contributed by atoms with Gasteiger partial charge < -0.3 is 9.47 Å². The minimum absolute atomic E-state index is 0.249. The molecule has 0 N–H and O–H groups in total. The third-order valence-corrected chi connectivity index (χ3v) is 3.42. The molecule has 0 saturated heterocycles. The molecule has 2 rings (SSSR count). The number of carbonyl (C=O) groups is 1. The molecule has 2 aromatic rings. The van der Waals surface area contributed by atoms with E-state index >= 15 is 0 Å². The first-order valence-corrected chi connectivity index (χ1v) is 7.00. The maximum atomic E-state index is 11.4. The molecule has 3 nitrogen and oxygen atoms in total. The van der Waals surface area contributed by atoms with Gasteiger partial charge in [0, 0.05) is 4.47 Å². The molecule has 20 heavy (non-hydrogen) atoms. The molecule has 0 aliphatic carbocycles. The first kappa shape index (κ1) is 14.6. The number of carbonyl (C=O) groups excluding carboxylic acids is 1. The molecule has 0 bridgehead atoms. The Balaban J connectivity index is 2.05. The lowest BCUT2D eigenvalue weighted by molar-refractivity contribution is -0.139. The highest BCUT2D eigenvalue weighted by Gasteiger charge is 2.08. The molecule has 104 valence electrons. The Bertz CT molecular complexity index is 579. The molecule has 0 aliphatic heterocycles. The van der Waals surface area contributed by atoms with Gasteiger partial charge in [0.15, 0.2) is 0 Å². The van der Waals surface area contributed by atoms with Crippen LogP contribution in [0, 0.1) is 0 Å². The Morgan fingerprint density at radius 2 is 1.70 bits per heavy atom. The van der Waals surface area contributed by atoms with E-state index in [0.717, 1.165) is 21.3 Å². The van der Waals surface area contributed by atoms with Crippen LogP contribution in [0.15, 0.2) is 53.0 Å². The van der Waals surface area contributed by atoms with Crippen LogP contribution in [0.2, 0.25) is 0 Å². The minimum atomic E-state index is -0.249. The summed E-state index contributed by atoms with van der Waals surface area (Å²) in [4.78, 5) is 11.4. The zero-order chi connectivity index (χ0) is 14.4. The molecular weight excluding hydrogens is 320 g/mol. The van der Waals surface area contributed by atoms with Gasteiger partial charge in [-0.25, -0.2) is 0 Å². The maximum Gasteiger partial charge on any atom is 0.309 e. The largest absolute Gasteiger partial charge is 0.489 e. The summed E-state index contributed by atoms with van der Waals surface area (Å²) >= 11 is 3.38. The average Bonchev–Trinajstić information content (AvgIpc) is 2.48. The number of esters is 1. The molecule has 0 aromatic heterocycles. The van der Waals surface area contributed by atoms with Gasteiger partial charge in [-0.05, 0) is 35.4 Å². The molecule has 4 heteroatoms. The second-order valence-corrected chi connectivity index (χ2v) is 5.18. The molecule has 0 unspecified atom stereocenters. The number of hydrogen-bond acceptors (Lipinski definition) is 3. The fraction of sp³-hybridized carbons (Fsp3) is 0.188. The first-order chi connectivity index (χ1) is 9.69. The van der Waals surface area contributed by atoms with Crippen molar-refractivity contribution in [3.05, 3.63) is 64.1 Å². The second kappa shape index (κ2) is 7.10. The van der Waals surface area contributed by atoms with E-state index in [-0.39, 0.29) is 12.4 Å². The molecule has 0 radical (unpaired) electrons. The van der Waals surface area contributed by atoms with E-state index in [1.807, 2.05) is 48.5 Å². The summed E-state index contributed by atoms with van der Waals surface area (Å²) in [5.41, 5.74) is 1.91. The van der Waals surface area contributed by atoms with Crippen molar-refractivity contribution in [2.75, 3.05) is 7.11 Å². The number of methoxy groups -OCH3 is 1. The summed E-state index contributed by atoms with van der Waals surface area (Å²) < 4.78 is 11.4. The van der Waals surface area contributed by atoms with Crippen molar-refractivity contribution in [1.29, 1.82) is 0 Å². The van der Waals surface area contributed by atoms with E-state index in [0.29, 0.717) is 6.61 Å². The summed E-state index contributed by atoms with van der Waals surface area (Å²) in [6, 6.07) is 15.3. The lowest BCUT2D eigenvalue weighted by Crippen LogP contribution is -2.08. The molecule has 2 aromatic carbocycles. The molecule has 0 atom stereocenters.